The topological polar surface area (TPSA) is 88.4 Å². The van der Waals surface area contributed by atoms with Crippen LogP contribution in [0.15, 0.2) is 102 Å². The lowest BCUT2D eigenvalue weighted by atomic mass is 10.1. The molecule has 2 heterocycles. The van der Waals surface area contributed by atoms with Gasteiger partial charge in [-0.2, -0.15) is 0 Å². The quantitative estimate of drug-likeness (QED) is 0.214. The first kappa shape index (κ1) is 26.7. The molecule has 0 atom stereocenters. The molecule has 6 rings (SSSR count). The monoisotopic (exact) mass is 556 g/mol. The first-order valence-electron chi connectivity index (χ1n) is 13.4. The second-order valence-electron chi connectivity index (χ2n) is 9.54. The lowest BCUT2D eigenvalue weighted by Crippen LogP contribution is -2.23. The molecule has 0 N–H and O–H groups in total. The molecule has 0 saturated heterocycles. The number of fused-ring (bicyclic) bond motifs is 2. The minimum atomic E-state index is -0.162. The Hall–Kier alpha value is -5.50. The van der Waals surface area contributed by atoms with Gasteiger partial charge in [0, 0.05) is 24.2 Å². The summed E-state index contributed by atoms with van der Waals surface area (Å²) in [5, 5.41) is 0.530. The van der Waals surface area contributed by atoms with Crippen LogP contribution in [0, 0.1) is 0 Å². The van der Waals surface area contributed by atoms with Crippen LogP contribution in [0.5, 0.6) is 17.2 Å². The van der Waals surface area contributed by atoms with Gasteiger partial charge in [-0.1, -0.05) is 60.7 Å². The Kier molecular flexibility index (Phi) is 7.34. The third-order valence-electron chi connectivity index (χ3n) is 7.05. The minimum absolute atomic E-state index is 0.162. The third kappa shape index (κ3) is 5.06. The number of benzene rings is 4. The highest BCUT2D eigenvalue weighted by Gasteiger charge is 2.21. The Bertz CT molecular complexity index is 1970. The Balaban J connectivity index is 1.36. The number of methoxy groups -OCH3 is 3. The number of para-hydroxylation sites is 3. The molecule has 6 aromatic rings. The van der Waals surface area contributed by atoms with Gasteiger partial charge >= 0.3 is 0 Å². The Labute approximate surface area is 242 Å². The van der Waals surface area contributed by atoms with Crippen molar-refractivity contribution in [2.24, 2.45) is 0 Å². The van der Waals surface area contributed by atoms with Crippen molar-refractivity contribution < 1.29 is 14.2 Å². The van der Waals surface area contributed by atoms with Crippen LogP contribution in [0.25, 0.3) is 50.7 Å². The van der Waals surface area contributed by atoms with Crippen molar-refractivity contribution in [3.8, 4) is 39.9 Å². The number of allylic oxidation sites excluding steroid dienone is 1. The van der Waals surface area contributed by atoms with Gasteiger partial charge in [0.2, 0.25) is 0 Å². The molecule has 2 aromatic heterocycles. The molecule has 0 aliphatic heterocycles. The summed E-state index contributed by atoms with van der Waals surface area (Å²) < 4.78 is 18.4. The number of hydrogen-bond acceptors (Lipinski definition) is 7. The highest BCUT2D eigenvalue weighted by molar-refractivity contribution is 5.82. The molecule has 0 fully saturated rings. The molecular formula is C34H28N4O4. The van der Waals surface area contributed by atoms with Crippen molar-refractivity contribution in [1.82, 2.24) is 19.5 Å². The molecule has 42 heavy (non-hydrogen) atoms. The van der Waals surface area contributed by atoms with E-state index < -0.39 is 0 Å². The Morgan fingerprint density at radius 2 is 1.43 bits per heavy atom. The second kappa shape index (κ2) is 11.5. The smallest absolute Gasteiger partial charge is 0.261 e. The van der Waals surface area contributed by atoms with Gasteiger partial charge in [0.05, 0.1) is 55.2 Å². The second-order valence-corrected chi connectivity index (χ2v) is 9.54. The van der Waals surface area contributed by atoms with Crippen LogP contribution in [0.3, 0.4) is 0 Å². The molecule has 8 heteroatoms. The maximum absolute atomic E-state index is 13.8. The van der Waals surface area contributed by atoms with Crippen LogP contribution >= 0.6 is 0 Å². The van der Waals surface area contributed by atoms with E-state index in [1.54, 1.807) is 50.3 Å². The Morgan fingerprint density at radius 3 is 2.12 bits per heavy atom. The Morgan fingerprint density at radius 1 is 0.762 bits per heavy atom. The van der Waals surface area contributed by atoms with Gasteiger partial charge < -0.3 is 14.2 Å². The molecule has 8 nitrogen and oxygen atoms in total. The number of rotatable bonds is 8. The van der Waals surface area contributed by atoms with E-state index in [2.05, 4.69) is 4.98 Å². The van der Waals surface area contributed by atoms with Crippen LogP contribution < -0.4 is 19.8 Å². The number of ether oxygens (including phenoxy) is 3. The maximum atomic E-state index is 13.8. The van der Waals surface area contributed by atoms with E-state index in [0.29, 0.717) is 39.5 Å². The standard InChI is InChI=1S/C34H28N4O4/c1-40-24-19-30(41-2)32(31(20-24)42-3)33-37-26-11-5-4-10-25(26)34(39)38(33)18-8-9-22-14-16-23(17-15-22)29-21-35-27-12-6-7-13-28(27)36-29/h4-17,19-21H,18H2,1-3H3/b9-8+. The molecule has 0 radical (unpaired) electrons. The summed E-state index contributed by atoms with van der Waals surface area (Å²) in [4.78, 5) is 27.9. The lowest BCUT2D eigenvalue weighted by Gasteiger charge is -2.18. The molecule has 0 aliphatic carbocycles. The predicted octanol–water partition coefficient (Wildman–Crippen LogP) is 6.41. The van der Waals surface area contributed by atoms with Crippen LogP contribution in [-0.4, -0.2) is 40.8 Å². The summed E-state index contributed by atoms with van der Waals surface area (Å²) in [7, 11) is 4.70. The van der Waals surface area contributed by atoms with Crippen LogP contribution in [0.4, 0.5) is 0 Å². The molecule has 0 aliphatic rings. The van der Waals surface area contributed by atoms with E-state index >= 15 is 0 Å². The van der Waals surface area contributed by atoms with Crippen LogP contribution in [0.1, 0.15) is 5.56 Å². The highest BCUT2D eigenvalue weighted by Crippen LogP contribution is 2.41. The predicted molar refractivity (Wildman–Crippen MR) is 165 cm³/mol. The largest absolute Gasteiger partial charge is 0.496 e. The molecule has 0 spiro atoms. The molecule has 0 unspecified atom stereocenters. The van der Waals surface area contributed by atoms with E-state index in [4.69, 9.17) is 24.2 Å². The van der Waals surface area contributed by atoms with Gasteiger partial charge in [-0.25, -0.2) is 9.97 Å². The van der Waals surface area contributed by atoms with E-state index in [0.717, 1.165) is 27.9 Å². The first-order chi connectivity index (χ1) is 20.6. The molecule has 0 bridgehead atoms. The van der Waals surface area contributed by atoms with Crippen molar-refractivity contribution in [2.75, 3.05) is 21.3 Å². The van der Waals surface area contributed by atoms with Gasteiger partial charge in [-0.3, -0.25) is 14.3 Å². The van der Waals surface area contributed by atoms with Gasteiger partial charge in [0.15, 0.2) is 5.82 Å². The normalized spacial score (nSPS) is 11.3. The van der Waals surface area contributed by atoms with Gasteiger partial charge in [-0.05, 0) is 29.8 Å². The molecule has 0 saturated carbocycles. The van der Waals surface area contributed by atoms with Gasteiger partial charge in [0.1, 0.15) is 22.8 Å². The molecule has 4 aromatic carbocycles. The van der Waals surface area contributed by atoms with Gasteiger partial charge in [-0.15, -0.1) is 0 Å². The zero-order valence-electron chi connectivity index (χ0n) is 23.4. The van der Waals surface area contributed by atoms with Crippen molar-refractivity contribution in [3.05, 3.63) is 113 Å². The van der Waals surface area contributed by atoms with Crippen molar-refractivity contribution >= 4 is 28.0 Å². The summed E-state index contributed by atoms with van der Waals surface area (Å²) in [6, 6.07) is 26.7. The van der Waals surface area contributed by atoms with E-state index in [-0.39, 0.29) is 12.1 Å². The van der Waals surface area contributed by atoms with E-state index in [9.17, 15) is 4.79 Å². The molecular weight excluding hydrogens is 528 g/mol. The zero-order valence-corrected chi connectivity index (χ0v) is 23.4. The van der Waals surface area contributed by atoms with Crippen molar-refractivity contribution in [2.45, 2.75) is 6.54 Å². The fourth-order valence-electron chi connectivity index (χ4n) is 4.91. The summed E-state index contributed by atoms with van der Waals surface area (Å²) >= 11 is 0. The van der Waals surface area contributed by atoms with E-state index in [1.165, 1.54) is 0 Å². The summed E-state index contributed by atoms with van der Waals surface area (Å²) in [5.41, 5.74) is 5.48. The van der Waals surface area contributed by atoms with E-state index in [1.807, 2.05) is 78.9 Å². The molecule has 208 valence electrons. The first-order valence-corrected chi connectivity index (χ1v) is 13.4. The van der Waals surface area contributed by atoms with Crippen LogP contribution in [0.2, 0.25) is 0 Å². The number of aromatic nitrogens is 4. The lowest BCUT2D eigenvalue weighted by molar-refractivity contribution is 0.377. The minimum Gasteiger partial charge on any atom is -0.496 e. The number of nitrogens with zero attached hydrogens (tertiary/aromatic N) is 4. The van der Waals surface area contributed by atoms with Gasteiger partial charge in [0.25, 0.3) is 5.56 Å². The average Bonchev–Trinajstić information content (AvgIpc) is 3.05. The fraction of sp³-hybridized carbons (Fsp3) is 0.118. The summed E-state index contributed by atoms with van der Waals surface area (Å²) in [6.07, 6.45) is 5.70. The summed E-state index contributed by atoms with van der Waals surface area (Å²) in [5.74, 6) is 1.97. The van der Waals surface area contributed by atoms with Crippen LogP contribution in [-0.2, 0) is 6.54 Å². The van der Waals surface area contributed by atoms with Crippen molar-refractivity contribution in [1.29, 1.82) is 0 Å². The fourth-order valence-corrected chi connectivity index (χ4v) is 4.91. The average molecular weight is 557 g/mol. The zero-order chi connectivity index (χ0) is 29.1. The third-order valence-corrected chi connectivity index (χ3v) is 7.05. The SMILES string of the molecule is COc1cc(OC)c(-c2nc3ccccc3c(=O)n2C/C=C/c2ccc(-c3cnc4ccccc4n3)cc2)c(OC)c1. The highest BCUT2D eigenvalue weighted by atomic mass is 16.5. The molecule has 0 amide bonds. The maximum Gasteiger partial charge on any atom is 0.261 e. The number of hydrogen-bond donors (Lipinski definition) is 0. The summed E-state index contributed by atoms with van der Waals surface area (Å²) in [6.45, 7) is 0.280. The van der Waals surface area contributed by atoms with Crippen molar-refractivity contribution in [3.63, 3.8) is 0 Å².